The Bertz CT molecular complexity index is 801. The van der Waals surface area contributed by atoms with Crippen LogP contribution in [0.4, 0.5) is 9.59 Å². The highest BCUT2D eigenvalue weighted by Crippen LogP contribution is 2.52. The molecule has 0 heterocycles. The lowest BCUT2D eigenvalue weighted by atomic mass is 9.80. The molecule has 0 aromatic rings. The average molecular weight is 523 g/mol. The van der Waals surface area contributed by atoms with Gasteiger partial charge in [0.25, 0.3) is 0 Å². The summed E-state index contributed by atoms with van der Waals surface area (Å²) in [6.07, 6.45) is 5.23. The predicted molar refractivity (Wildman–Crippen MR) is 137 cm³/mol. The summed E-state index contributed by atoms with van der Waals surface area (Å²) in [5.41, 5.74) is 0.344. The highest BCUT2D eigenvalue weighted by atomic mass is 16.6. The van der Waals surface area contributed by atoms with Crippen molar-refractivity contribution in [1.82, 2.24) is 10.6 Å². The molecule has 0 aliphatic heterocycles. The van der Waals surface area contributed by atoms with E-state index in [-0.39, 0.29) is 25.9 Å². The first-order valence-corrected chi connectivity index (χ1v) is 13.2. The summed E-state index contributed by atoms with van der Waals surface area (Å²) in [5.74, 6) is 1.58. The van der Waals surface area contributed by atoms with Gasteiger partial charge in [0.2, 0.25) is 0 Å². The molecule has 2 bridgehead atoms. The first-order valence-electron chi connectivity index (χ1n) is 13.2. The van der Waals surface area contributed by atoms with Gasteiger partial charge in [-0.15, -0.1) is 0 Å². The monoisotopic (exact) mass is 522 g/mol. The molecule has 10 nitrogen and oxygen atoms in total. The molecule has 0 spiro atoms. The van der Waals surface area contributed by atoms with Gasteiger partial charge < -0.3 is 29.6 Å². The Morgan fingerprint density at radius 2 is 1.57 bits per heavy atom. The standard InChI is InChI=1S/C27H42N2O8/c1-5-23(16-34-15-18(4)14-30)36-26(32)28-9-8-19-10-21-11-20(19)12-22(21)13-29-27(33)37-24(6-2)17-35-25(31)7-3/h7,14,19-24H,3-6,8-13,15-17H2,1-2H3,(H,28,32)(H,29,33). The molecule has 0 radical (unpaired) electrons. The van der Waals surface area contributed by atoms with E-state index in [0.29, 0.717) is 61.5 Å². The zero-order valence-electron chi connectivity index (χ0n) is 22.1. The van der Waals surface area contributed by atoms with E-state index in [1.54, 1.807) is 0 Å². The number of aldehydes is 1. The third kappa shape index (κ3) is 10.6. The second kappa shape index (κ2) is 16.1. The van der Waals surface area contributed by atoms with Crippen LogP contribution in [0.1, 0.15) is 52.4 Å². The molecule has 0 aromatic carbocycles. The van der Waals surface area contributed by atoms with Crippen molar-refractivity contribution in [3.05, 3.63) is 24.8 Å². The van der Waals surface area contributed by atoms with E-state index in [1.807, 2.05) is 13.8 Å². The van der Waals surface area contributed by atoms with Crippen LogP contribution in [-0.2, 0) is 28.5 Å². The Morgan fingerprint density at radius 1 is 0.946 bits per heavy atom. The Labute approximate surface area is 219 Å². The van der Waals surface area contributed by atoms with Crippen LogP contribution in [0.5, 0.6) is 0 Å². The summed E-state index contributed by atoms with van der Waals surface area (Å²) in [7, 11) is 0. The summed E-state index contributed by atoms with van der Waals surface area (Å²) < 4.78 is 21.1. The van der Waals surface area contributed by atoms with Crippen molar-refractivity contribution in [3.63, 3.8) is 0 Å². The van der Waals surface area contributed by atoms with Gasteiger partial charge in [-0.3, -0.25) is 4.79 Å². The van der Waals surface area contributed by atoms with Gasteiger partial charge in [0.05, 0.1) is 13.2 Å². The van der Waals surface area contributed by atoms with E-state index in [4.69, 9.17) is 18.9 Å². The molecule has 2 aliphatic carbocycles. The number of amides is 2. The van der Waals surface area contributed by atoms with Gasteiger partial charge in [-0.05, 0) is 62.2 Å². The van der Waals surface area contributed by atoms with Crippen LogP contribution in [0.2, 0.25) is 0 Å². The quantitative estimate of drug-likeness (QED) is 0.128. The summed E-state index contributed by atoms with van der Waals surface area (Å²) in [6.45, 7) is 12.1. The topological polar surface area (TPSA) is 129 Å². The fourth-order valence-corrected chi connectivity index (χ4v) is 5.14. The zero-order chi connectivity index (χ0) is 27.2. The molecule has 0 aromatic heterocycles. The SMILES string of the molecule is C=CC(=O)OCC(CC)OC(=O)NCC1CC2CC1CC2CCNC(=O)OC(CC)COCC(=C)C=O. The van der Waals surface area contributed by atoms with Gasteiger partial charge in [-0.25, -0.2) is 14.4 Å². The molecule has 2 N–H and O–H groups in total. The first kappa shape index (κ1) is 30.3. The minimum Gasteiger partial charge on any atom is -0.459 e. The van der Waals surface area contributed by atoms with Crippen LogP contribution in [0.25, 0.3) is 0 Å². The van der Waals surface area contributed by atoms with Crippen LogP contribution in [0.15, 0.2) is 24.8 Å². The highest BCUT2D eigenvalue weighted by Gasteiger charge is 2.45. The molecule has 0 saturated heterocycles. The van der Waals surface area contributed by atoms with Crippen molar-refractivity contribution in [2.75, 3.05) is 32.9 Å². The maximum atomic E-state index is 12.2. The van der Waals surface area contributed by atoms with Crippen LogP contribution >= 0.6 is 0 Å². The number of alkyl carbamates (subject to hydrolysis) is 2. The van der Waals surface area contributed by atoms with Crippen LogP contribution < -0.4 is 10.6 Å². The number of nitrogens with one attached hydrogen (secondary N) is 2. The molecule has 2 amide bonds. The van der Waals surface area contributed by atoms with Crippen LogP contribution in [-0.4, -0.2) is 69.6 Å². The molecule has 6 unspecified atom stereocenters. The minimum absolute atomic E-state index is 0.0105. The second-order valence-electron chi connectivity index (χ2n) is 9.84. The first-order chi connectivity index (χ1) is 17.8. The molecular weight excluding hydrogens is 480 g/mol. The number of fused-ring (bicyclic) bond motifs is 2. The van der Waals surface area contributed by atoms with E-state index < -0.39 is 24.3 Å². The summed E-state index contributed by atoms with van der Waals surface area (Å²) >= 11 is 0. The van der Waals surface area contributed by atoms with Gasteiger partial charge in [-0.2, -0.15) is 0 Å². The van der Waals surface area contributed by atoms with Crippen molar-refractivity contribution in [2.24, 2.45) is 23.7 Å². The van der Waals surface area contributed by atoms with Crippen molar-refractivity contribution in [3.8, 4) is 0 Å². The van der Waals surface area contributed by atoms with Crippen molar-refractivity contribution in [2.45, 2.75) is 64.6 Å². The summed E-state index contributed by atoms with van der Waals surface area (Å²) in [6, 6.07) is 0. The number of carbonyl (C=O) groups excluding carboxylic acids is 4. The lowest BCUT2D eigenvalue weighted by Crippen LogP contribution is -2.36. The number of ether oxygens (including phenoxy) is 4. The van der Waals surface area contributed by atoms with Crippen LogP contribution in [0, 0.1) is 23.7 Å². The molecular formula is C27H42N2O8. The van der Waals surface area contributed by atoms with Gasteiger partial charge in [0, 0.05) is 24.7 Å². The molecule has 2 rings (SSSR count). The maximum absolute atomic E-state index is 12.2. The minimum atomic E-state index is -0.542. The summed E-state index contributed by atoms with van der Waals surface area (Å²) in [4.78, 5) is 46.1. The highest BCUT2D eigenvalue weighted by molar-refractivity contribution is 5.81. The number of esters is 1. The third-order valence-corrected chi connectivity index (χ3v) is 7.24. The Hall–Kier alpha value is -2.88. The van der Waals surface area contributed by atoms with E-state index in [9.17, 15) is 19.2 Å². The smallest absolute Gasteiger partial charge is 0.407 e. The number of carbonyl (C=O) groups is 4. The summed E-state index contributed by atoms with van der Waals surface area (Å²) in [5, 5.41) is 5.71. The average Bonchev–Trinajstić information content (AvgIpc) is 3.49. The predicted octanol–water partition coefficient (Wildman–Crippen LogP) is 3.55. The second-order valence-corrected chi connectivity index (χ2v) is 9.84. The van der Waals surface area contributed by atoms with Crippen molar-refractivity contribution >= 4 is 24.4 Å². The van der Waals surface area contributed by atoms with Crippen molar-refractivity contribution < 1.29 is 38.1 Å². The van der Waals surface area contributed by atoms with Crippen LogP contribution in [0.3, 0.4) is 0 Å². The Morgan fingerprint density at radius 3 is 2.16 bits per heavy atom. The molecule has 208 valence electrons. The van der Waals surface area contributed by atoms with Gasteiger partial charge in [-0.1, -0.05) is 27.0 Å². The van der Waals surface area contributed by atoms with E-state index in [1.165, 1.54) is 0 Å². The fourth-order valence-electron chi connectivity index (χ4n) is 5.14. The number of hydrogen-bond donors (Lipinski definition) is 2. The van der Waals surface area contributed by atoms with E-state index in [0.717, 1.165) is 31.8 Å². The Balaban J connectivity index is 1.60. The zero-order valence-corrected chi connectivity index (χ0v) is 22.1. The largest absolute Gasteiger partial charge is 0.459 e. The number of hydrogen-bond acceptors (Lipinski definition) is 8. The lowest BCUT2D eigenvalue weighted by Gasteiger charge is -2.28. The number of rotatable bonds is 17. The normalized spacial score (nSPS) is 23.4. The third-order valence-electron chi connectivity index (χ3n) is 7.24. The van der Waals surface area contributed by atoms with Gasteiger partial charge >= 0.3 is 18.2 Å². The van der Waals surface area contributed by atoms with Gasteiger partial charge in [0.1, 0.15) is 25.1 Å². The lowest BCUT2D eigenvalue weighted by molar-refractivity contribution is -0.140. The molecule has 2 fully saturated rings. The van der Waals surface area contributed by atoms with E-state index in [2.05, 4.69) is 23.8 Å². The Kier molecular flexibility index (Phi) is 13.2. The van der Waals surface area contributed by atoms with E-state index >= 15 is 0 Å². The van der Waals surface area contributed by atoms with Crippen molar-refractivity contribution in [1.29, 1.82) is 0 Å². The molecule has 6 atom stereocenters. The molecule has 2 saturated carbocycles. The molecule has 10 heteroatoms. The maximum Gasteiger partial charge on any atom is 0.407 e. The van der Waals surface area contributed by atoms with Gasteiger partial charge in [0.15, 0.2) is 0 Å². The molecule has 37 heavy (non-hydrogen) atoms. The fraction of sp³-hybridized carbons (Fsp3) is 0.704. The molecule has 2 aliphatic rings.